The van der Waals surface area contributed by atoms with Crippen molar-refractivity contribution in [3.63, 3.8) is 0 Å². The molecule has 9 heteroatoms. The molecule has 7 nitrogen and oxygen atoms in total. The molecule has 0 saturated carbocycles. The van der Waals surface area contributed by atoms with Gasteiger partial charge in [0.15, 0.2) is 0 Å². The first-order valence-corrected chi connectivity index (χ1v) is 11.7. The molecule has 1 aromatic heterocycles. The molecule has 1 aliphatic heterocycles. The lowest BCUT2D eigenvalue weighted by molar-refractivity contribution is 0.0468. The third kappa shape index (κ3) is 4.59. The number of aromatic nitrogens is 1. The van der Waals surface area contributed by atoms with Gasteiger partial charge in [0.1, 0.15) is 11.6 Å². The SMILES string of the molecule is O=C(OCc1csc(-c2ccccc2)n1)c1cccc(S(=O)(=O)N2CCOCC2)c1. The fourth-order valence-electron chi connectivity index (χ4n) is 3.03. The van der Waals surface area contributed by atoms with Crippen LogP contribution in [0.15, 0.2) is 64.9 Å². The number of carbonyl (C=O) groups excluding carboxylic acids is 1. The van der Waals surface area contributed by atoms with Crippen LogP contribution in [0.4, 0.5) is 0 Å². The number of ether oxygens (including phenoxy) is 2. The molecule has 1 aliphatic rings. The van der Waals surface area contributed by atoms with Crippen molar-refractivity contribution in [3.8, 4) is 10.6 Å². The molecule has 0 aliphatic carbocycles. The zero-order valence-electron chi connectivity index (χ0n) is 16.1. The molecule has 0 N–H and O–H groups in total. The van der Waals surface area contributed by atoms with E-state index in [1.165, 1.54) is 33.8 Å². The minimum absolute atomic E-state index is 0.0165. The van der Waals surface area contributed by atoms with Gasteiger partial charge >= 0.3 is 5.97 Å². The summed E-state index contributed by atoms with van der Waals surface area (Å²) in [4.78, 5) is 17.0. The molecule has 3 aromatic rings. The Morgan fingerprint density at radius 1 is 1.10 bits per heavy atom. The van der Waals surface area contributed by atoms with E-state index in [2.05, 4.69) is 4.98 Å². The molecule has 0 radical (unpaired) electrons. The summed E-state index contributed by atoms with van der Waals surface area (Å²) < 4.78 is 37.5. The highest BCUT2D eigenvalue weighted by atomic mass is 32.2. The van der Waals surface area contributed by atoms with E-state index in [0.717, 1.165) is 10.6 Å². The van der Waals surface area contributed by atoms with Crippen LogP contribution in [0, 0.1) is 0 Å². The van der Waals surface area contributed by atoms with Gasteiger partial charge in [-0.2, -0.15) is 4.31 Å². The molecular formula is C21H20N2O5S2. The maximum Gasteiger partial charge on any atom is 0.338 e. The van der Waals surface area contributed by atoms with Crippen molar-refractivity contribution in [1.29, 1.82) is 0 Å². The Balaban J connectivity index is 1.43. The number of nitrogens with zero attached hydrogens (tertiary/aromatic N) is 2. The molecular weight excluding hydrogens is 424 g/mol. The lowest BCUT2D eigenvalue weighted by Crippen LogP contribution is -2.40. The minimum atomic E-state index is -3.68. The molecule has 0 spiro atoms. The monoisotopic (exact) mass is 444 g/mol. The van der Waals surface area contributed by atoms with Crippen LogP contribution in [0.3, 0.4) is 0 Å². The van der Waals surface area contributed by atoms with Gasteiger partial charge in [-0.05, 0) is 18.2 Å². The Kier molecular flexibility index (Phi) is 6.24. The predicted molar refractivity (Wildman–Crippen MR) is 113 cm³/mol. The van der Waals surface area contributed by atoms with Gasteiger partial charge in [0.05, 0.1) is 29.4 Å². The molecule has 30 heavy (non-hydrogen) atoms. The lowest BCUT2D eigenvalue weighted by Gasteiger charge is -2.26. The van der Waals surface area contributed by atoms with E-state index in [4.69, 9.17) is 9.47 Å². The zero-order valence-corrected chi connectivity index (χ0v) is 17.7. The minimum Gasteiger partial charge on any atom is -0.456 e. The van der Waals surface area contributed by atoms with Crippen molar-refractivity contribution in [1.82, 2.24) is 9.29 Å². The Hall–Kier alpha value is -2.59. The second kappa shape index (κ2) is 9.05. The number of sulfonamides is 1. The van der Waals surface area contributed by atoms with Crippen molar-refractivity contribution in [2.45, 2.75) is 11.5 Å². The smallest absolute Gasteiger partial charge is 0.338 e. The number of hydrogen-bond donors (Lipinski definition) is 0. The average molecular weight is 445 g/mol. The van der Waals surface area contributed by atoms with Crippen LogP contribution in [0.5, 0.6) is 0 Å². The summed E-state index contributed by atoms with van der Waals surface area (Å²) in [7, 11) is -3.68. The van der Waals surface area contributed by atoms with E-state index in [1.54, 1.807) is 6.07 Å². The third-order valence-electron chi connectivity index (χ3n) is 4.60. The Morgan fingerprint density at radius 2 is 1.87 bits per heavy atom. The van der Waals surface area contributed by atoms with Crippen LogP contribution in [0.1, 0.15) is 16.1 Å². The standard InChI is InChI=1S/C21H20N2O5S2/c24-21(28-14-18-15-29-20(22-18)16-5-2-1-3-6-16)17-7-4-8-19(13-17)30(25,26)23-9-11-27-12-10-23/h1-8,13,15H,9-12,14H2. The number of carbonyl (C=O) groups is 1. The van der Waals surface area contributed by atoms with Gasteiger partial charge in [-0.1, -0.05) is 36.4 Å². The molecule has 1 saturated heterocycles. The van der Waals surface area contributed by atoms with Crippen LogP contribution >= 0.6 is 11.3 Å². The van der Waals surface area contributed by atoms with E-state index in [1.807, 2.05) is 35.7 Å². The van der Waals surface area contributed by atoms with Crippen LogP contribution in [-0.2, 0) is 26.1 Å². The maximum atomic E-state index is 12.8. The first kappa shape index (κ1) is 20.7. The average Bonchev–Trinajstić information content (AvgIpc) is 3.28. The summed E-state index contributed by atoms with van der Waals surface area (Å²) in [6, 6.07) is 15.7. The van der Waals surface area contributed by atoms with Crippen LogP contribution in [0.2, 0.25) is 0 Å². The predicted octanol–water partition coefficient (Wildman–Crippen LogP) is 3.19. The second-order valence-electron chi connectivity index (χ2n) is 6.63. The van der Waals surface area contributed by atoms with Crippen molar-refractivity contribution in [2.75, 3.05) is 26.3 Å². The fraction of sp³-hybridized carbons (Fsp3) is 0.238. The van der Waals surface area contributed by atoms with Gasteiger partial charge in [0, 0.05) is 24.0 Å². The zero-order chi connectivity index (χ0) is 21.0. The molecule has 0 unspecified atom stereocenters. The first-order valence-electron chi connectivity index (χ1n) is 9.39. The number of morpholine rings is 1. The van der Waals surface area contributed by atoms with Gasteiger partial charge in [0.25, 0.3) is 0 Å². The molecule has 4 rings (SSSR count). The molecule has 156 valence electrons. The summed E-state index contributed by atoms with van der Waals surface area (Å²) in [5, 5.41) is 2.69. The number of rotatable bonds is 6. The highest BCUT2D eigenvalue weighted by molar-refractivity contribution is 7.89. The van der Waals surface area contributed by atoms with Crippen molar-refractivity contribution in [2.24, 2.45) is 0 Å². The molecule has 0 atom stereocenters. The Bertz CT molecular complexity index is 1120. The van der Waals surface area contributed by atoms with Crippen molar-refractivity contribution in [3.05, 3.63) is 71.2 Å². The lowest BCUT2D eigenvalue weighted by atomic mass is 10.2. The van der Waals surface area contributed by atoms with Crippen LogP contribution in [0.25, 0.3) is 10.6 Å². The largest absolute Gasteiger partial charge is 0.456 e. The third-order valence-corrected chi connectivity index (χ3v) is 7.44. The van der Waals surface area contributed by atoms with Crippen molar-refractivity contribution >= 4 is 27.3 Å². The quantitative estimate of drug-likeness (QED) is 0.543. The molecule has 2 heterocycles. The summed E-state index contributed by atoms with van der Waals surface area (Å²) in [5.74, 6) is -0.594. The molecule has 2 aromatic carbocycles. The maximum absolute atomic E-state index is 12.8. The summed E-state index contributed by atoms with van der Waals surface area (Å²) >= 11 is 1.47. The number of hydrogen-bond acceptors (Lipinski definition) is 7. The van der Waals surface area contributed by atoms with E-state index >= 15 is 0 Å². The van der Waals surface area contributed by atoms with E-state index in [-0.39, 0.29) is 17.1 Å². The van der Waals surface area contributed by atoms with Crippen LogP contribution < -0.4 is 0 Å². The second-order valence-corrected chi connectivity index (χ2v) is 9.43. The van der Waals surface area contributed by atoms with Crippen LogP contribution in [-0.4, -0.2) is 50.0 Å². The van der Waals surface area contributed by atoms with Gasteiger partial charge in [-0.3, -0.25) is 0 Å². The molecule has 0 amide bonds. The fourth-order valence-corrected chi connectivity index (χ4v) is 5.29. The molecule has 0 bridgehead atoms. The van der Waals surface area contributed by atoms with Gasteiger partial charge < -0.3 is 9.47 Å². The van der Waals surface area contributed by atoms with E-state index < -0.39 is 16.0 Å². The summed E-state index contributed by atoms with van der Waals surface area (Å²) in [5.41, 5.74) is 1.83. The Morgan fingerprint density at radius 3 is 2.63 bits per heavy atom. The summed E-state index contributed by atoms with van der Waals surface area (Å²) in [6.07, 6.45) is 0. The highest BCUT2D eigenvalue weighted by Gasteiger charge is 2.27. The Labute approximate surface area is 178 Å². The van der Waals surface area contributed by atoms with E-state index in [0.29, 0.717) is 32.0 Å². The normalized spacial score (nSPS) is 15.1. The van der Waals surface area contributed by atoms with E-state index in [9.17, 15) is 13.2 Å². The van der Waals surface area contributed by atoms with Crippen molar-refractivity contribution < 1.29 is 22.7 Å². The van der Waals surface area contributed by atoms with Gasteiger partial charge in [-0.15, -0.1) is 11.3 Å². The number of thiazole rings is 1. The van der Waals surface area contributed by atoms with Gasteiger partial charge in [0.2, 0.25) is 10.0 Å². The first-order chi connectivity index (χ1) is 14.5. The van der Waals surface area contributed by atoms with Gasteiger partial charge in [-0.25, -0.2) is 18.2 Å². The number of benzene rings is 2. The highest BCUT2D eigenvalue weighted by Crippen LogP contribution is 2.24. The topological polar surface area (TPSA) is 85.8 Å². The number of esters is 1. The molecule has 1 fully saturated rings. The summed E-state index contributed by atoms with van der Waals surface area (Å²) in [6.45, 7) is 1.33.